The summed E-state index contributed by atoms with van der Waals surface area (Å²) in [6.07, 6.45) is 0. The molecule has 16 heavy (non-hydrogen) atoms. The largest absolute Gasteiger partial charge is 0.390 e. The average molecular weight is 245 g/mol. The smallest absolute Gasteiger partial charge is 0.195 e. The molecule has 0 aliphatic rings. The zero-order valence-corrected chi connectivity index (χ0v) is 8.69. The van der Waals surface area contributed by atoms with Crippen molar-refractivity contribution >= 4 is 11.3 Å². The Kier molecular flexibility index (Phi) is 2.93. The fourth-order valence-corrected chi connectivity index (χ4v) is 2.02. The summed E-state index contributed by atoms with van der Waals surface area (Å²) < 4.78 is 39.0. The van der Waals surface area contributed by atoms with Crippen LogP contribution >= 0.6 is 11.3 Å². The van der Waals surface area contributed by atoms with E-state index in [0.29, 0.717) is 5.69 Å². The third-order valence-corrected chi connectivity index (χ3v) is 2.90. The van der Waals surface area contributed by atoms with E-state index in [1.54, 1.807) is 0 Å². The van der Waals surface area contributed by atoms with Crippen LogP contribution in [0.25, 0.3) is 10.6 Å². The zero-order valence-electron chi connectivity index (χ0n) is 7.88. The topological polar surface area (TPSA) is 33.1 Å². The molecule has 84 valence electrons. The summed E-state index contributed by atoms with van der Waals surface area (Å²) in [7, 11) is 0. The van der Waals surface area contributed by atoms with Crippen LogP contribution in [0.2, 0.25) is 0 Å². The molecular formula is C10H6F3NOS. The second kappa shape index (κ2) is 4.23. The standard InChI is InChI=1S/C10H6F3NOS/c11-7-2-1-6(8(12)9(7)13)10-14-5(3-15)4-16-10/h1-2,4,15H,3H2. The molecule has 2 aromatic rings. The van der Waals surface area contributed by atoms with Crippen molar-refractivity contribution in [1.82, 2.24) is 4.98 Å². The zero-order chi connectivity index (χ0) is 11.7. The monoisotopic (exact) mass is 245 g/mol. The van der Waals surface area contributed by atoms with E-state index in [-0.39, 0.29) is 17.2 Å². The first kappa shape index (κ1) is 11.1. The minimum Gasteiger partial charge on any atom is -0.390 e. The molecule has 0 aliphatic heterocycles. The van der Waals surface area contributed by atoms with Crippen LogP contribution in [-0.2, 0) is 6.61 Å². The van der Waals surface area contributed by atoms with Crippen molar-refractivity contribution in [3.8, 4) is 10.6 Å². The summed E-state index contributed by atoms with van der Waals surface area (Å²) in [6.45, 7) is -0.276. The number of halogens is 3. The van der Waals surface area contributed by atoms with Crippen molar-refractivity contribution in [2.75, 3.05) is 0 Å². The minimum absolute atomic E-state index is 0.108. The van der Waals surface area contributed by atoms with Gasteiger partial charge in [0.2, 0.25) is 0 Å². The second-order valence-electron chi connectivity index (χ2n) is 3.03. The Morgan fingerprint density at radius 3 is 2.56 bits per heavy atom. The van der Waals surface area contributed by atoms with E-state index in [9.17, 15) is 13.2 Å². The molecule has 2 rings (SSSR count). The predicted octanol–water partition coefficient (Wildman–Crippen LogP) is 2.72. The van der Waals surface area contributed by atoms with Crippen LogP contribution in [-0.4, -0.2) is 10.1 Å². The lowest BCUT2D eigenvalue weighted by molar-refractivity contribution is 0.278. The van der Waals surface area contributed by atoms with Gasteiger partial charge < -0.3 is 5.11 Å². The van der Waals surface area contributed by atoms with Gasteiger partial charge in [0.25, 0.3) is 0 Å². The van der Waals surface area contributed by atoms with E-state index >= 15 is 0 Å². The van der Waals surface area contributed by atoms with Gasteiger partial charge in [0.05, 0.1) is 12.3 Å². The highest BCUT2D eigenvalue weighted by Crippen LogP contribution is 2.28. The highest BCUT2D eigenvalue weighted by atomic mass is 32.1. The van der Waals surface area contributed by atoms with Crippen LogP contribution in [0, 0.1) is 17.5 Å². The third kappa shape index (κ3) is 1.81. The molecule has 0 atom stereocenters. The molecule has 0 saturated heterocycles. The molecule has 6 heteroatoms. The van der Waals surface area contributed by atoms with Gasteiger partial charge in [-0.3, -0.25) is 0 Å². The van der Waals surface area contributed by atoms with Crippen molar-refractivity contribution in [1.29, 1.82) is 0 Å². The van der Waals surface area contributed by atoms with E-state index in [4.69, 9.17) is 5.11 Å². The summed E-state index contributed by atoms with van der Waals surface area (Å²) in [5.41, 5.74) is 0.257. The average Bonchev–Trinajstić information content (AvgIpc) is 2.74. The van der Waals surface area contributed by atoms with Gasteiger partial charge >= 0.3 is 0 Å². The molecule has 2 nitrogen and oxygen atoms in total. The summed E-state index contributed by atoms with van der Waals surface area (Å²) in [4.78, 5) is 3.87. The van der Waals surface area contributed by atoms with Crippen molar-refractivity contribution in [3.63, 3.8) is 0 Å². The Morgan fingerprint density at radius 2 is 1.94 bits per heavy atom. The minimum atomic E-state index is -1.52. The molecule has 0 saturated carbocycles. The van der Waals surface area contributed by atoms with E-state index in [1.807, 2.05) is 0 Å². The molecule has 1 aromatic carbocycles. The highest BCUT2D eigenvalue weighted by molar-refractivity contribution is 7.13. The van der Waals surface area contributed by atoms with Crippen molar-refractivity contribution in [2.45, 2.75) is 6.61 Å². The number of aliphatic hydroxyl groups excluding tert-OH is 1. The van der Waals surface area contributed by atoms with E-state index in [1.165, 1.54) is 5.38 Å². The van der Waals surface area contributed by atoms with Gasteiger partial charge in [-0.05, 0) is 12.1 Å². The molecule has 1 aromatic heterocycles. The first-order valence-corrected chi connectivity index (χ1v) is 5.20. The number of nitrogens with zero attached hydrogens (tertiary/aromatic N) is 1. The summed E-state index contributed by atoms with van der Waals surface area (Å²) in [5, 5.41) is 10.5. The van der Waals surface area contributed by atoms with Crippen LogP contribution in [0.4, 0.5) is 13.2 Å². The molecule has 1 heterocycles. The maximum atomic E-state index is 13.4. The van der Waals surface area contributed by atoms with Crippen LogP contribution in [0.3, 0.4) is 0 Å². The molecule has 0 radical (unpaired) electrons. The highest BCUT2D eigenvalue weighted by Gasteiger charge is 2.16. The Labute approximate surface area is 93.0 Å². The number of rotatable bonds is 2. The molecule has 0 aliphatic carbocycles. The number of aromatic nitrogens is 1. The molecule has 0 bridgehead atoms. The Morgan fingerprint density at radius 1 is 1.19 bits per heavy atom. The lowest BCUT2D eigenvalue weighted by Crippen LogP contribution is -1.93. The van der Waals surface area contributed by atoms with Gasteiger partial charge in [-0.15, -0.1) is 11.3 Å². The molecule has 0 fully saturated rings. The number of thiazole rings is 1. The normalized spacial score (nSPS) is 10.8. The van der Waals surface area contributed by atoms with Gasteiger partial charge in [0.15, 0.2) is 17.5 Å². The fourth-order valence-electron chi connectivity index (χ4n) is 1.19. The maximum Gasteiger partial charge on any atom is 0.195 e. The molecule has 1 N–H and O–H groups in total. The third-order valence-electron chi connectivity index (χ3n) is 1.98. The van der Waals surface area contributed by atoms with Gasteiger partial charge in [0, 0.05) is 10.9 Å². The first-order valence-electron chi connectivity index (χ1n) is 4.32. The van der Waals surface area contributed by atoms with Crippen molar-refractivity contribution in [2.24, 2.45) is 0 Å². The maximum absolute atomic E-state index is 13.4. The quantitative estimate of drug-likeness (QED) is 0.825. The molecule has 0 spiro atoms. The lowest BCUT2D eigenvalue weighted by atomic mass is 10.2. The van der Waals surface area contributed by atoms with Gasteiger partial charge in [-0.25, -0.2) is 18.2 Å². The summed E-state index contributed by atoms with van der Waals surface area (Å²) >= 11 is 1.06. The van der Waals surface area contributed by atoms with Crippen LogP contribution in [0.1, 0.15) is 5.69 Å². The SMILES string of the molecule is OCc1csc(-c2ccc(F)c(F)c2F)n1. The predicted molar refractivity (Wildman–Crippen MR) is 53.3 cm³/mol. The van der Waals surface area contributed by atoms with Gasteiger partial charge in [0.1, 0.15) is 5.01 Å². The summed E-state index contributed by atoms with van der Waals surface area (Å²) in [6, 6.07) is 1.96. The van der Waals surface area contributed by atoms with Crippen molar-refractivity contribution in [3.05, 3.63) is 40.7 Å². The van der Waals surface area contributed by atoms with E-state index in [0.717, 1.165) is 23.5 Å². The van der Waals surface area contributed by atoms with Gasteiger partial charge in [-0.2, -0.15) is 0 Å². The Balaban J connectivity index is 2.52. The number of hydrogen-bond donors (Lipinski definition) is 1. The molecule has 0 amide bonds. The number of benzene rings is 1. The van der Waals surface area contributed by atoms with Crippen LogP contribution in [0.5, 0.6) is 0 Å². The van der Waals surface area contributed by atoms with E-state index in [2.05, 4.69) is 4.98 Å². The molecular weight excluding hydrogens is 239 g/mol. The lowest BCUT2D eigenvalue weighted by Gasteiger charge is -2.00. The second-order valence-corrected chi connectivity index (χ2v) is 3.88. The van der Waals surface area contributed by atoms with Crippen LogP contribution in [0.15, 0.2) is 17.5 Å². The number of hydrogen-bond acceptors (Lipinski definition) is 3. The fraction of sp³-hybridized carbons (Fsp3) is 0.100. The number of aliphatic hydroxyl groups is 1. The Bertz CT molecular complexity index is 527. The van der Waals surface area contributed by atoms with Gasteiger partial charge in [-0.1, -0.05) is 0 Å². The molecule has 0 unspecified atom stereocenters. The first-order chi connectivity index (χ1) is 7.63. The van der Waals surface area contributed by atoms with Crippen LogP contribution < -0.4 is 0 Å². The summed E-state index contributed by atoms with van der Waals surface area (Å²) in [5.74, 6) is -4.02. The van der Waals surface area contributed by atoms with Crippen molar-refractivity contribution < 1.29 is 18.3 Å². The Hall–Kier alpha value is -1.40. The van der Waals surface area contributed by atoms with E-state index < -0.39 is 17.5 Å².